The van der Waals surface area contributed by atoms with Gasteiger partial charge in [0.05, 0.1) is 17.5 Å². The number of nitrogens with zero attached hydrogens (tertiary/aromatic N) is 2. The van der Waals surface area contributed by atoms with Crippen LogP contribution in [0.4, 0.5) is 10.2 Å². The van der Waals surface area contributed by atoms with Crippen LogP contribution in [0.1, 0.15) is 15.9 Å². The predicted molar refractivity (Wildman–Crippen MR) is 115 cm³/mol. The molecule has 0 aliphatic rings. The van der Waals surface area contributed by atoms with Crippen molar-refractivity contribution in [3.05, 3.63) is 71.1 Å². The maximum absolute atomic E-state index is 14.1. The Balaban J connectivity index is 1.47. The van der Waals surface area contributed by atoms with Gasteiger partial charge in [-0.15, -0.1) is 11.3 Å². The first-order valence-electron chi connectivity index (χ1n) is 9.18. The van der Waals surface area contributed by atoms with Crippen LogP contribution in [0.25, 0.3) is 21.3 Å². The number of carboxylic acids is 1. The second-order valence-electron chi connectivity index (χ2n) is 6.60. The normalized spacial score (nSPS) is 10.9. The number of carbonyl (C=O) groups is 1. The number of methoxy groups -OCH3 is 1. The van der Waals surface area contributed by atoms with Crippen molar-refractivity contribution in [2.75, 3.05) is 19.0 Å². The molecule has 4 aromatic rings. The summed E-state index contributed by atoms with van der Waals surface area (Å²) in [6.45, 7) is 0.576. The first-order valence-corrected chi connectivity index (χ1v) is 10.1. The van der Waals surface area contributed by atoms with Crippen LogP contribution in [0, 0.1) is 5.82 Å². The average molecular weight is 423 g/mol. The molecule has 4 rings (SSSR count). The van der Waals surface area contributed by atoms with Crippen molar-refractivity contribution in [2.24, 2.45) is 0 Å². The lowest BCUT2D eigenvalue weighted by Crippen LogP contribution is -2.07. The Hall–Kier alpha value is -3.52. The van der Waals surface area contributed by atoms with E-state index in [1.807, 2.05) is 17.5 Å². The molecular formula is C22H18FN3O3S. The zero-order chi connectivity index (χ0) is 21.1. The first-order chi connectivity index (χ1) is 14.5. The van der Waals surface area contributed by atoms with E-state index < -0.39 is 5.97 Å². The number of rotatable bonds is 7. The van der Waals surface area contributed by atoms with Gasteiger partial charge in [0, 0.05) is 18.2 Å². The van der Waals surface area contributed by atoms with E-state index in [9.17, 15) is 14.3 Å². The predicted octanol–water partition coefficient (Wildman–Crippen LogP) is 4.86. The van der Waals surface area contributed by atoms with E-state index in [2.05, 4.69) is 15.3 Å². The molecule has 2 N–H and O–H groups in total. The van der Waals surface area contributed by atoms with Gasteiger partial charge >= 0.3 is 5.97 Å². The molecule has 6 nitrogen and oxygen atoms in total. The van der Waals surface area contributed by atoms with Crippen LogP contribution in [0.5, 0.6) is 5.75 Å². The fraction of sp³-hybridized carbons (Fsp3) is 0.136. The van der Waals surface area contributed by atoms with Gasteiger partial charge in [-0.25, -0.2) is 19.2 Å². The molecule has 8 heteroatoms. The number of fused-ring (bicyclic) bond motifs is 1. The fourth-order valence-corrected chi connectivity index (χ4v) is 4.00. The molecule has 2 aromatic carbocycles. The van der Waals surface area contributed by atoms with E-state index in [0.717, 1.165) is 10.9 Å². The molecule has 0 spiro atoms. The van der Waals surface area contributed by atoms with E-state index in [-0.39, 0.29) is 17.1 Å². The minimum absolute atomic E-state index is 0.0866. The Labute approximate surface area is 176 Å². The largest absolute Gasteiger partial charge is 0.496 e. The standard InChI is InChI=1S/C22H18FN3O3S/c1-29-19-10-14(2-3-16(19)22(27)28)18-11-20(26-12-25-18)24-6-4-13-8-15-5-7-30-21(15)17(23)9-13/h2-3,5,7-12H,4,6H2,1H3,(H,27,28)(H,24,25,26). The number of ether oxygens (including phenoxy) is 1. The summed E-state index contributed by atoms with van der Waals surface area (Å²) in [5.41, 5.74) is 2.35. The fourth-order valence-electron chi connectivity index (χ4n) is 3.21. The second-order valence-corrected chi connectivity index (χ2v) is 7.52. The number of hydrogen-bond acceptors (Lipinski definition) is 6. The van der Waals surface area contributed by atoms with E-state index in [4.69, 9.17) is 4.74 Å². The summed E-state index contributed by atoms with van der Waals surface area (Å²) < 4.78 is 20.0. The lowest BCUT2D eigenvalue weighted by molar-refractivity contribution is 0.0693. The zero-order valence-corrected chi connectivity index (χ0v) is 16.9. The molecule has 0 unspecified atom stereocenters. The average Bonchev–Trinajstić information content (AvgIpc) is 3.23. The molecule has 0 saturated carbocycles. The van der Waals surface area contributed by atoms with Crippen LogP contribution < -0.4 is 10.1 Å². The third kappa shape index (κ3) is 4.08. The summed E-state index contributed by atoms with van der Waals surface area (Å²) in [4.78, 5) is 19.7. The molecule has 0 atom stereocenters. The summed E-state index contributed by atoms with van der Waals surface area (Å²) in [6, 6.07) is 12.1. The summed E-state index contributed by atoms with van der Waals surface area (Å²) in [5, 5.41) is 15.2. The highest BCUT2D eigenvalue weighted by atomic mass is 32.1. The molecule has 0 bridgehead atoms. The Morgan fingerprint density at radius 1 is 1.20 bits per heavy atom. The van der Waals surface area contributed by atoms with Gasteiger partial charge in [-0.05, 0) is 47.0 Å². The lowest BCUT2D eigenvalue weighted by Gasteiger charge is -2.10. The van der Waals surface area contributed by atoms with Crippen molar-refractivity contribution in [1.29, 1.82) is 0 Å². The van der Waals surface area contributed by atoms with E-state index in [0.29, 0.717) is 34.7 Å². The minimum Gasteiger partial charge on any atom is -0.496 e. The molecule has 0 fully saturated rings. The number of aromatic carboxylic acids is 1. The minimum atomic E-state index is -1.06. The third-order valence-corrected chi connectivity index (χ3v) is 5.62. The maximum atomic E-state index is 14.1. The van der Waals surface area contributed by atoms with E-state index in [1.165, 1.54) is 30.8 Å². The number of carboxylic acid groups (broad SMARTS) is 1. The number of hydrogen-bond donors (Lipinski definition) is 2. The molecular weight excluding hydrogens is 405 g/mol. The highest BCUT2D eigenvalue weighted by Crippen LogP contribution is 2.28. The molecule has 0 aliphatic carbocycles. The van der Waals surface area contributed by atoms with Gasteiger partial charge in [0.2, 0.25) is 0 Å². The van der Waals surface area contributed by atoms with Crippen LogP contribution in [0.3, 0.4) is 0 Å². The molecule has 2 aromatic heterocycles. The molecule has 0 saturated heterocycles. The molecule has 30 heavy (non-hydrogen) atoms. The van der Waals surface area contributed by atoms with Crippen molar-refractivity contribution in [1.82, 2.24) is 9.97 Å². The Morgan fingerprint density at radius 2 is 2.07 bits per heavy atom. The third-order valence-electron chi connectivity index (χ3n) is 4.68. The van der Waals surface area contributed by atoms with Crippen molar-refractivity contribution in [2.45, 2.75) is 6.42 Å². The van der Waals surface area contributed by atoms with E-state index in [1.54, 1.807) is 24.3 Å². The van der Waals surface area contributed by atoms with Crippen LogP contribution in [0.15, 0.2) is 54.2 Å². The molecule has 0 aliphatic heterocycles. The van der Waals surface area contributed by atoms with Crippen molar-refractivity contribution in [3.63, 3.8) is 0 Å². The van der Waals surface area contributed by atoms with Crippen molar-refractivity contribution in [3.8, 4) is 17.0 Å². The summed E-state index contributed by atoms with van der Waals surface area (Å²) >= 11 is 1.40. The van der Waals surface area contributed by atoms with Crippen LogP contribution in [0.2, 0.25) is 0 Å². The number of halogens is 1. The van der Waals surface area contributed by atoms with Crippen molar-refractivity contribution < 1.29 is 19.0 Å². The lowest BCUT2D eigenvalue weighted by atomic mass is 10.1. The Bertz CT molecular complexity index is 1230. The molecule has 0 radical (unpaired) electrons. The van der Waals surface area contributed by atoms with E-state index >= 15 is 0 Å². The smallest absolute Gasteiger partial charge is 0.339 e. The second kappa shape index (κ2) is 8.46. The van der Waals surface area contributed by atoms with Gasteiger partial charge in [-0.3, -0.25) is 0 Å². The van der Waals surface area contributed by atoms with Gasteiger partial charge in [0.1, 0.15) is 29.3 Å². The number of anilines is 1. The first kappa shape index (κ1) is 19.8. The molecule has 2 heterocycles. The van der Waals surface area contributed by atoms with Gasteiger partial charge in [0.15, 0.2) is 0 Å². The Kier molecular flexibility index (Phi) is 5.58. The number of thiophene rings is 1. The van der Waals surface area contributed by atoms with Gasteiger partial charge in [-0.1, -0.05) is 12.1 Å². The number of nitrogens with one attached hydrogen (secondary N) is 1. The number of benzene rings is 2. The molecule has 0 amide bonds. The highest BCUT2D eigenvalue weighted by molar-refractivity contribution is 7.17. The summed E-state index contributed by atoms with van der Waals surface area (Å²) in [6.07, 6.45) is 2.08. The topological polar surface area (TPSA) is 84.3 Å². The van der Waals surface area contributed by atoms with Gasteiger partial charge in [0.25, 0.3) is 0 Å². The number of aromatic nitrogens is 2. The maximum Gasteiger partial charge on any atom is 0.339 e. The SMILES string of the molecule is COc1cc(-c2cc(NCCc3cc(F)c4sccc4c3)ncn2)ccc1C(=O)O. The van der Waals surface area contributed by atoms with Crippen LogP contribution >= 0.6 is 11.3 Å². The van der Waals surface area contributed by atoms with Crippen LogP contribution in [-0.2, 0) is 6.42 Å². The quantitative estimate of drug-likeness (QED) is 0.442. The summed E-state index contributed by atoms with van der Waals surface area (Å²) in [5.74, 6) is -0.363. The van der Waals surface area contributed by atoms with Gasteiger partial charge < -0.3 is 15.2 Å². The van der Waals surface area contributed by atoms with Crippen molar-refractivity contribution >= 4 is 33.2 Å². The van der Waals surface area contributed by atoms with Crippen LogP contribution in [-0.4, -0.2) is 34.7 Å². The highest BCUT2D eigenvalue weighted by Gasteiger charge is 2.13. The summed E-state index contributed by atoms with van der Waals surface area (Å²) in [7, 11) is 1.43. The molecule has 152 valence electrons. The zero-order valence-electron chi connectivity index (χ0n) is 16.1. The Morgan fingerprint density at radius 3 is 2.87 bits per heavy atom. The van der Waals surface area contributed by atoms with Gasteiger partial charge in [-0.2, -0.15) is 0 Å². The monoisotopic (exact) mass is 423 g/mol.